The number of sulfonamides is 1. The SMILES string of the molecule is CCNS(=O)(=O)c1ccc(CCC(=O)N(Cc2ccc(Cl)cc2)[C@H](Cc2ccccc2)C(=O)NCCCO)cc1. The maximum absolute atomic E-state index is 13.7. The third-order valence-corrected chi connectivity index (χ3v) is 8.18. The molecule has 0 fully saturated rings. The van der Waals surface area contributed by atoms with E-state index in [1.54, 1.807) is 36.1 Å². The molecule has 0 spiro atoms. The van der Waals surface area contributed by atoms with Gasteiger partial charge in [-0.1, -0.05) is 73.1 Å². The lowest BCUT2D eigenvalue weighted by Crippen LogP contribution is -2.50. The second-order valence-corrected chi connectivity index (χ2v) is 11.6. The minimum absolute atomic E-state index is 0.0500. The first-order valence-electron chi connectivity index (χ1n) is 13.3. The zero-order valence-corrected chi connectivity index (χ0v) is 24.1. The Kier molecular flexibility index (Phi) is 12.1. The van der Waals surface area contributed by atoms with E-state index in [1.807, 2.05) is 42.5 Å². The van der Waals surface area contributed by atoms with E-state index in [2.05, 4.69) is 10.0 Å². The number of aliphatic hydroxyl groups is 1. The molecule has 0 unspecified atom stereocenters. The molecule has 3 aromatic carbocycles. The number of halogens is 1. The summed E-state index contributed by atoms with van der Waals surface area (Å²) in [6, 6.07) is 22.3. The number of aliphatic hydroxyl groups excluding tert-OH is 1. The summed E-state index contributed by atoms with van der Waals surface area (Å²) in [6.07, 6.45) is 1.24. The van der Waals surface area contributed by atoms with Gasteiger partial charge in [-0.05, 0) is 53.8 Å². The van der Waals surface area contributed by atoms with Crippen LogP contribution in [0.1, 0.15) is 36.5 Å². The Balaban J connectivity index is 1.85. The normalized spacial score (nSPS) is 12.1. The van der Waals surface area contributed by atoms with Gasteiger partial charge in [-0.15, -0.1) is 0 Å². The van der Waals surface area contributed by atoms with Crippen molar-refractivity contribution < 1.29 is 23.1 Å². The van der Waals surface area contributed by atoms with Gasteiger partial charge in [0.05, 0.1) is 4.90 Å². The van der Waals surface area contributed by atoms with Crippen molar-refractivity contribution in [1.29, 1.82) is 0 Å². The quantitative estimate of drug-likeness (QED) is 0.235. The van der Waals surface area contributed by atoms with Crippen LogP contribution in [0.15, 0.2) is 83.8 Å². The number of hydrogen-bond acceptors (Lipinski definition) is 5. The van der Waals surface area contributed by atoms with Crippen LogP contribution in [0, 0.1) is 0 Å². The molecule has 214 valence electrons. The van der Waals surface area contributed by atoms with Gasteiger partial charge in [-0.25, -0.2) is 13.1 Å². The standard InChI is InChI=1S/C30H36ClN3O5S/c1-2-33-40(38,39)27-16-11-23(12-17-27)13-18-29(36)34(22-25-9-14-26(31)15-10-25)28(30(37)32-19-6-20-35)21-24-7-4-3-5-8-24/h3-5,7-12,14-17,28,33,35H,2,6,13,18-22H2,1H3,(H,32,37)/t28-/m1/s1. The van der Waals surface area contributed by atoms with E-state index in [1.165, 1.54) is 12.1 Å². The van der Waals surface area contributed by atoms with Crippen LogP contribution in [-0.4, -0.2) is 56.0 Å². The molecule has 0 aliphatic rings. The van der Waals surface area contributed by atoms with Gasteiger partial charge < -0.3 is 15.3 Å². The summed E-state index contributed by atoms with van der Waals surface area (Å²) in [4.78, 5) is 28.9. The third-order valence-electron chi connectivity index (χ3n) is 6.37. The Labute approximate surface area is 241 Å². The van der Waals surface area contributed by atoms with E-state index in [0.29, 0.717) is 37.4 Å². The van der Waals surface area contributed by atoms with E-state index in [4.69, 9.17) is 11.6 Å². The Morgan fingerprint density at radius 3 is 2.20 bits per heavy atom. The summed E-state index contributed by atoms with van der Waals surface area (Å²) in [5.41, 5.74) is 2.55. The Hall–Kier alpha value is -3.24. The molecule has 0 aromatic heterocycles. The van der Waals surface area contributed by atoms with Crippen molar-refractivity contribution in [2.75, 3.05) is 19.7 Å². The first-order chi connectivity index (χ1) is 19.2. The van der Waals surface area contributed by atoms with Crippen LogP contribution < -0.4 is 10.0 Å². The summed E-state index contributed by atoms with van der Waals surface area (Å²) in [5.74, 6) is -0.505. The second-order valence-electron chi connectivity index (χ2n) is 9.37. The molecule has 0 bridgehead atoms. The molecular formula is C30H36ClN3O5S. The first-order valence-corrected chi connectivity index (χ1v) is 15.1. The summed E-state index contributed by atoms with van der Waals surface area (Å²) < 4.78 is 27.0. The van der Waals surface area contributed by atoms with Gasteiger partial charge in [0.25, 0.3) is 0 Å². The van der Waals surface area contributed by atoms with Gasteiger partial charge in [0.15, 0.2) is 0 Å². The van der Waals surface area contributed by atoms with Crippen molar-refractivity contribution in [3.8, 4) is 0 Å². The minimum atomic E-state index is -3.56. The van der Waals surface area contributed by atoms with Gasteiger partial charge >= 0.3 is 0 Å². The molecule has 3 N–H and O–H groups in total. The molecule has 2 amide bonds. The Morgan fingerprint density at radius 1 is 0.925 bits per heavy atom. The van der Waals surface area contributed by atoms with E-state index in [-0.39, 0.29) is 36.3 Å². The summed E-state index contributed by atoms with van der Waals surface area (Å²) in [6.45, 7) is 2.46. The number of nitrogens with one attached hydrogen (secondary N) is 2. The predicted molar refractivity (Wildman–Crippen MR) is 156 cm³/mol. The molecular weight excluding hydrogens is 550 g/mol. The van der Waals surface area contributed by atoms with E-state index >= 15 is 0 Å². The van der Waals surface area contributed by atoms with Crippen molar-refractivity contribution in [1.82, 2.24) is 14.9 Å². The van der Waals surface area contributed by atoms with Gasteiger partial charge in [0.1, 0.15) is 6.04 Å². The third kappa shape index (κ3) is 9.45. The van der Waals surface area contributed by atoms with Crippen LogP contribution in [0.5, 0.6) is 0 Å². The number of nitrogens with zero attached hydrogens (tertiary/aromatic N) is 1. The summed E-state index contributed by atoms with van der Waals surface area (Å²) in [7, 11) is -3.56. The number of benzene rings is 3. The topological polar surface area (TPSA) is 116 Å². The van der Waals surface area contributed by atoms with Crippen LogP contribution >= 0.6 is 11.6 Å². The fraction of sp³-hybridized carbons (Fsp3) is 0.333. The maximum atomic E-state index is 13.7. The molecule has 3 rings (SSSR count). The second kappa shape index (κ2) is 15.5. The van der Waals surface area contributed by atoms with E-state index < -0.39 is 16.1 Å². The molecule has 0 saturated carbocycles. The highest BCUT2D eigenvalue weighted by molar-refractivity contribution is 7.89. The molecule has 0 heterocycles. The lowest BCUT2D eigenvalue weighted by molar-refractivity contribution is -0.141. The number of hydrogen-bond donors (Lipinski definition) is 3. The van der Waals surface area contributed by atoms with E-state index in [9.17, 15) is 23.1 Å². The van der Waals surface area contributed by atoms with Crippen LogP contribution in [-0.2, 0) is 39.0 Å². The fourth-order valence-electron chi connectivity index (χ4n) is 4.25. The lowest BCUT2D eigenvalue weighted by atomic mass is 10.0. The number of carbonyl (C=O) groups excluding carboxylic acids is 2. The number of rotatable bonds is 15. The smallest absolute Gasteiger partial charge is 0.243 e. The van der Waals surface area contributed by atoms with Crippen LogP contribution in [0.4, 0.5) is 0 Å². The highest BCUT2D eigenvalue weighted by atomic mass is 35.5. The number of aryl methyl sites for hydroxylation is 1. The molecule has 0 saturated heterocycles. The number of carbonyl (C=O) groups is 2. The van der Waals surface area contributed by atoms with Gasteiger partial charge in [0.2, 0.25) is 21.8 Å². The van der Waals surface area contributed by atoms with Gasteiger partial charge in [-0.2, -0.15) is 0 Å². The fourth-order valence-corrected chi connectivity index (χ4v) is 5.42. The first kappa shape index (κ1) is 31.3. The zero-order valence-electron chi connectivity index (χ0n) is 22.6. The summed E-state index contributed by atoms with van der Waals surface area (Å²) >= 11 is 6.07. The highest BCUT2D eigenvalue weighted by Gasteiger charge is 2.30. The minimum Gasteiger partial charge on any atom is -0.396 e. The molecule has 40 heavy (non-hydrogen) atoms. The molecule has 10 heteroatoms. The van der Waals surface area contributed by atoms with Crippen LogP contribution in [0.2, 0.25) is 5.02 Å². The average molecular weight is 586 g/mol. The molecule has 8 nitrogen and oxygen atoms in total. The predicted octanol–water partition coefficient (Wildman–Crippen LogP) is 3.71. The molecule has 0 aliphatic carbocycles. The highest BCUT2D eigenvalue weighted by Crippen LogP contribution is 2.19. The molecule has 1 atom stereocenters. The van der Waals surface area contributed by atoms with Crippen molar-refractivity contribution in [3.05, 3.63) is 101 Å². The molecule has 0 radical (unpaired) electrons. The van der Waals surface area contributed by atoms with Crippen molar-refractivity contribution in [2.45, 2.75) is 50.1 Å². The van der Waals surface area contributed by atoms with Crippen molar-refractivity contribution >= 4 is 33.4 Å². The zero-order chi connectivity index (χ0) is 29.0. The largest absolute Gasteiger partial charge is 0.396 e. The van der Waals surface area contributed by atoms with Crippen LogP contribution in [0.3, 0.4) is 0 Å². The monoisotopic (exact) mass is 585 g/mol. The molecule has 3 aromatic rings. The Morgan fingerprint density at radius 2 is 1.57 bits per heavy atom. The molecule has 0 aliphatic heterocycles. The van der Waals surface area contributed by atoms with Gasteiger partial charge in [-0.3, -0.25) is 9.59 Å². The van der Waals surface area contributed by atoms with Crippen molar-refractivity contribution in [3.63, 3.8) is 0 Å². The summed E-state index contributed by atoms with van der Waals surface area (Å²) in [5, 5.41) is 12.6. The number of amides is 2. The van der Waals surface area contributed by atoms with Crippen LogP contribution in [0.25, 0.3) is 0 Å². The lowest BCUT2D eigenvalue weighted by Gasteiger charge is -2.31. The van der Waals surface area contributed by atoms with E-state index in [0.717, 1.165) is 16.7 Å². The Bertz CT molecular complexity index is 1330. The van der Waals surface area contributed by atoms with Gasteiger partial charge in [0, 0.05) is 44.1 Å². The maximum Gasteiger partial charge on any atom is 0.243 e. The average Bonchev–Trinajstić information content (AvgIpc) is 2.95. The van der Waals surface area contributed by atoms with Crippen molar-refractivity contribution in [2.24, 2.45) is 0 Å².